The van der Waals surface area contributed by atoms with Gasteiger partial charge in [-0.15, -0.1) is 0 Å². The van der Waals surface area contributed by atoms with Crippen LogP contribution in [0.4, 0.5) is 21.7 Å². The minimum absolute atomic E-state index is 0.0980. The summed E-state index contributed by atoms with van der Waals surface area (Å²) in [6.07, 6.45) is 0.725. The van der Waals surface area contributed by atoms with Gasteiger partial charge in [0, 0.05) is 24.7 Å². The molecular formula is C14H16ClFN4. The molecular weight excluding hydrogens is 279 g/mol. The molecule has 0 saturated heterocycles. The lowest BCUT2D eigenvalue weighted by Crippen LogP contribution is -2.05. The smallest absolute Gasteiger partial charge is 0.143 e. The predicted molar refractivity (Wildman–Crippen MR) is 80.3 cm³/mol. The summed E-state index contributed by atoms with van der Waals surface area (Å²) in [5.41, 5.74) is 0.593. The van der Waals surface area contributed by atoms with E-state index in [9.17, 15) is 4.39 Å². The number of rotatable bonds is 5. The number of halogens is 2. The molecule has 106 valence electrons. The van der Waals surface area contributed by atoms with E-state index < -0.39 is 5.82 Å². The molecule has 2 aromatic rings. The van der Waals surface area contributed by atoms with Gasteiger partial charge in [-0.05, 0) is 25.1 Å². The molecule has 0 fully saturated rings. The van der Waals surface area contributed by atoms with Crippen LogP contribution in [0.25, 0.3) is 0 Å². The first kappa shape index (κ1) is 14.5. The normalized spacial score (nSPS) is 10.4. The average Bonchev–Trinajstić information content (AvgIpc) is 2.43. The van der Waals surface area contributed by atoms with Gasteiger partial charge >= 0.3 is 0 Å². The summed E-state index contributed by atoms with van der Waals surface area (Å²) < 4.78 is 13.4. The molecule has 0 unspecified atom stereocenters. The molecule has 0 spiro atoms. The fourth-order valence-corrected chi connectivity index (χ4v) is 1.83. The SMILES string of the molecule is CCNc1cc(Nc2ccc(Cl)c(F)c2)nc(CC)n1. The van der Waals surface area contributed by atoms with E-state index >= 15 is 0 Å². The highest BCUT2D eigenvalue weighted by Gasteiger charge is 2.05. The molecule has 0 aliphatic carbocycles. The molecule has 2 N–H and O–H groups in total. The Bertz CT molecular complexity index is 604. The first-order valence-corrected chi connectivity index (χ1v) is 6.84. The monoisotopic (exact) mass is 294 g/mol. The number of nitrogens with one attached hydrogen (secondary N) is 2. The third-order valence-electron chi connectivity index (χ3n) is 2.64. The number of anilines is 3. The number of benzene rings is 1. The van der Waals surface area contributed by atoms with Crippen molar-refractivity contribution < 1.29 is 4.39 Å². The van der Waals surface area contributed by atoms with E-state index in [1.807, 2.05) is 13.8 Å². The Morgan fingerprint density at radius 3 is 2.55 bits per heavy atom. The maximum Gasteiger partial charge on any atom is 0.143 e. The van der Waals surface area contributed by atoms with Gasteiger partial charge in [-0.3, -0.25) is 0 Å². The van der Waals surface area contributed by atoms with Crippen LogP contribution in [0.2, 0.25) is 5.02 Å². The Kier molecular flexibility index (Phi) is 4.74. The van der Waals surface area contributed by atoms with Crippen molar-refractivity contribution in [1.82, 2.24) is 9.97 Å². The zero-order valence-corrected chi connectivity index (χ0v) is 12.1. The van der Waals surface area contributed by atoms with E-state index in [1.54, 1.807) is 12.1 Å². The Hall–Kier alpha value is -1.88. The quantitative estimate of drug-likeness (QED) is 0.875. The van der Waals surface area contributed by atoms with Gasteiger partial charge in [0.1, 0.15) is 23.3 Å². The van der Waals surface area contributed by atoms with Crippen LogP contribution in [0.1, 0.15) is 19.7 Å². The maximum absolute atomic E-state index is 13.4. The fraction of sp³-hybridized carbons (Fsp3) is 0.286. The lowest BCUT2D eigenvalue weighted by atomic mass is 10.3. The van der Waals surface area contributed by atoms with E-state index in [0.717, 1.165) is 24.6 Å². The topological polar surface area (TPSA) is 49.8 Å². The predicted octanol–water partition coefficient (Wildman–Crippen LogP) is 4.01. The molecule has 4 nitrogen and oxygen atoms in total. The van der Waals surface area contributed by atoms with E-state index in [4.69, 9.17) is 11.6 Å². The second kappa shape index (κ2) is 6.52. The Balaban J connectivity index is 2.27. The van der Waals surface area contributed by atoms with Crippen molar-refractivity contribution in [3.63, 3.8) is 0 Å². The highest BCUT2D eigenvalue weighted by Crippen LogP contribution is 2.22. The molecule has 2 rings (SSSR count). The Labute approximate surface area is 122 Å². The van der Waals surface area contributed by atoms with Crippen molar-refractivity contribution >= 4 is 28.9 Å². The number of hydrogen-bond acceptors (Lipinski definition) is 4. The molecule has 20 heavy (non-hydrogen) atoms. The molecule has 0 aliphatic rings. The summed E-state index contributed by atoms with van der Waals surface area (Å²) in [5, 5.41) is 6.30. The summed E-state index contributed by atoms with van der Waals surface area (Å²) in [4.78, 5) is 8.72. The number of hydrogen-bond donors (Lipinski definition) is 2. The summed E-state index contributed by atoms with van der Waals surface area (Å²) in [5.74, 6) is 1.62. The highest BCUT2D eigenvalue weighted by atomic mass is 35.5. The molecule has 0 saturated carbocycles. The fourth-order valence-electron chi connectivity index (χ4n) is 1.71. The first-order chi connectivity index (χ1) is 9.62. The summed E-state index contributed by atoms with van der Waals surface area (Å²) in [6, 6.07) is 6.33. The van der Waals surface area contributed by atoms with Crippen molar-refractivity contribution in [2.45, 2.75) is 20.3 Å². The van der Waals surface area contributed by atoms with Crippen molar-refractivity contribution in [3.05, 3.63) is 40.9 Å². The van der Waals surface area contributed by atoms with Crippen molar-refractivity contribution in [2.24, 2.45) is 0 Å². The van der Waals surface area contributed by atoms with E-state index in [0.29, 0.717) is 11.5 Å². The summed E-state index contributed by atoms with van der Waals surface area (Å²) >= 11 is 5.66. The Morgan fingerprint density at radius 2 is 1.90 bits per heavy atom. The van der Waals surface area contributed by atoms with E-state index in [1.165, 1.54) is 12.1 Å². The van der Waals surface area contributed by atoms with Gasteiger partial charge in [-0.1, -0.05) is 18.5 Å². The number of aromatic nitrogens is 2. The summed E-state index contributed by atoms with van der Waals surface area (Å²) in [7, 11) is 0. The second-order valence-corrected chi connectivity index (χ2v) is 4.60. The average molecular weight is 295 g/mol. The molecule has 0 amide bonds. The van der Waals surface area contributed by atoms with Gasteiger partial charge in [0.25, 0.3) is 0 Å². The van der Waals surface area contributed by atoms with Gasteiger partial charge in [-0.25, -0.2) is 14.4 Å². The molecule has 6 heteroatoms. The third-order valence-corrected chi connectivity index (χ3v) is 2.95. The number of aryl methyl sites for hydroxylation is 1. The minimum atomic E-state index is -0.464. The first-order valence-electron chi connectivity index (χ1n) is 6.46. The van der Waals surface area contributed by atoms with E-state index in [2.05, 4.69) is 20.6 Å². The van der Waals surface area contributed by atoms with Crippen molar-refractivity contribution in [3.8, 4) is 0 Å². The van der Waals surface area contributed by atoms with Crippen molar-refractivity contribution in [2.75, 3.05) is 17.2 Å². The third kappa shape index (κ3) is 3.57. The van der Waals surface area contributed by atoms with Crippen LogP contribution >= 0.6 is 11.6 Å². The molecule has 1 aromatic heterocycles. The largest absolute Gasteiger partial charge is 0.370 e. The molecule has 0 radical (unpaired) electrons. The molecule has 0 aliphatic heterocycles. The van der Waals surface area contributed by atoms with Gasteiger partial charge in [0.2, 0.25) is 0 Å². The van der Waals surface area contributed by atoms with Crippen LogP contribution in [0.5, 0.6) is 0 Å². The minimum Gasteiger partial charge on any atom is -0.370 e. The highest BCUT2D eigenvalue weighted by molar-refractivity contribution is 6.30. The zero-order chi connectivity index (χ0) is 14.5. The van der Waals surface area contributed by atoms with Crippen LogP contribution in [0, 0.1) is 5.82 Å². The van der Waals surface area contributed by atoms with Gasteiger partial charge < -0.3 is 10.6 Å². The second-order valence-electron chi connectivity index (χ2n) is 4.19. The van der Waals surface area contributed by atoms with Gasteiger partial charge in [-0.2, -0.15) is 0 Å². The lowest BCUT2D eigenvalue weighted by molar-refractivity contribution is 0.629. The van der Waals surface area contributed by atoms with Crippen LogP contribution in [0.3, 0.4) is 0 Å². The van der Waals surface area contributed by atoms with Crippen LogP contribution in [-0.2, 0) is 6.42 Å². The standard InChI is InChI=1S/C14H16ClFN4/c1-3-12-19-13(17-4-2)8-14(20-12)18-9-5-6-10(15)11(16)7-9/h5-8H,3-4H2,1-2H3,(H2,17,18,19,20). The Morgan fingerprint density at radius 1 is 1.15 bits per heavy atom. The lowest BCUT2D eigenvalue weighted by Gasteiger charge is -2.10. The van der Waals surface area contributed by atoms with E-state index in [-0.39, 0.29) is 5.02 Å². The van der Waals surface area contributed by atoms with Gasteiger partial charge in [0.15, 0.2) is 0 Å². The van der Waals surface area contributed by atoms with Crippen molar-refractivity contribution in [1.29, 1.82) is 0 Å². The molecule has 1 aromatic carbocycles. The molecule has 0 atom stereocenters. The van der Waals surface area contributed by atoms with Crippen LogP contribution < -0.4 is 10.6 Å². The zero-order valence-electron chi connectivity index (χ0n) is 11.4. The number of nitrogens with zero attached hydrogens (tertiary/aromatic N) is 2. The maximum atomic E-state index is 13.4. The van der Waals surface area contributed by atoms with Gasteiger partial charge in [0.05, 0.1) is 5.02 Å². The molecule has 0 bridgehead atoms. The summed E-state index contributed by atoms with van der Waals surface area (Å²) in [6.45, 7) is 4.75. The van der Waals surface area contributed by atoms with Crippen LogP contribution in [-0.4, -0.2) is 16.5 Å². The molecule has 1 heterocycles. The van der Waals surface area contributed by atoms with Crippen LogP contribution in [0.15, 0.2) is 24.3 Å².